The van der Waals surface area contributed by atoms with Crippen molar-refractivity contribution < 1.29 is 188 Å². The van der Waals surface area contributed by atoms with Crippen molar-refractivity contribution in [2.75, 3.05) is 60.6 Å². The van der Waals surface area contributed by atoms with Gasteiger partial charge in [0, 0.05) is 72.5 Å². The van der Waals surface area contributed by atoms with E-state index in [4.69, 9.17) is 119 Å². The van der Waals surface area contributed by atoms with Crippen molar-refractivity contribution in [3.63, 3.8) is 0 Å². The minimum absolute atomic E-state index is 0.178. The Hall–Kier alpha value is 2.25. The van der Waals surface area contributed by atoms with E-state index in [-0.39, 0.29) is 18.1 Å². The van der Waals surface area contributed by atoms with Gasteiger partial charge in [-0.1, -0.05) is 18.2 Å². The Morgan fingerprint density at radius 2 is 0.561 bits per heavy atom. The zero-order chi connectivity index (χ0) is 87.9. The Bertz CT molecular complexity index is 4050. The summed E-state index contributed by atoms with van der Waals surface area (Å²) in [4.78, 5) is 20.6. The average Bonchev–Trinajstić information content (AvgIpc) is 0.778. The maximum Gasteiger partial charge on any atom is 0.394 e. The molecular formula is C60H84I12N6O30S6-4. The number of ether oxygens (including phenoxy) is 3. The van der Waals surface area contributed by atoms with Gasteiger partial charge in [0.25, 0.3) is 0 Å². The van der Waals surface area contributed by atoms with Gasteiger partial charge in [0.15, 0.2) is 0 Å². The molecule has 0 spiro atoms. The number of benzene rings is 3. The molecule has 0 aliphatic carbocycles. The molecule has 36 nitrogen and oxygen atoms in total. The summed E-state index contributed by atoms with van der Waals surface area (Å²) in [6.07, 6.45) is 16.9. The van der Waals surface area contributed by atoms with Crippen molar-refractivity contribution in [3.8, 4) is 17.2 Å². The van der Waals surface area contributed by atoms with Crippen LogP contribution in [0.15, 0.2) is 129 Å². The summed E-state index contributed by atoms with van der Waals surface area (Å²) in [5.41, 5.74) is 5.54. The second-order valence-corrected chi connectivity index (χ2v) is 94.2. The van der Waals surface area contributed by atoms with Crippen LogP contribution < -0.4 is 67.2 Å². The van der Waals surface area contributed by atoms with E-state index in [0.29, 0.717) is 88.5 Å². The molecule has 3 unspecified atom stereocenters. The first-order chi connectivity index (χ1) is 52.8. The van der Waals surface area contributed by atoms with Gasteiger partial charge in [0.05, 0.1) is 56.2 Å². The molecule has 9 aliphatic rings. The van der Waals surface area contributed by atoms with E-state index >= 15 is 0 Å². The molecule has 9 saturated heterocycles. The maximum absolute atomic E-state index is 11.2. The van der Waals surface area contributed by atoms with Crippen LogP contribution in [0.3, 0.4) is 0 Å². The van der Waals surface area contributed by atoms with Crippen molar-refractivity contribution >= 4 is 244 Å². The molecule has 658 valence electrons. The van der Waals surface area contributed by atoms with Crippen LogP contribution in [0.25, 0.3) is 32.7 Å². The Morgan fingerprint density at radius 3 is 0.711 bits per heavy atom. The predicted octanol–water partition coefficient (Wildman–Crippen LogP) is 0.704. The number of nitrogens with zero attached hydrogens (tertiary/aromatic N) is 6. The third-order valence-electron chi connectivity index (χ3n) is 17.5. The SMILES string of the molecule is C=C[C@H]1CN2CC[C@H]1C[C@H]2[C@H](O)c1ccnc2ccc(OC)cc12.C=C[C@H]1CN2CC[C@H]1C[C@H]2[C@H](O)c1ccnc2ccc(OC)cc12.C=C[C@H]1CN2CC[C@H]1C[C@H]2[C@H](O)c1ccnc2ccc(OC)cc12.I[I-]I.I[I-]I.I[I-]I.I[I-]I.O=S(=O)(O)O.O=S(=O)(O)O.O=S(=O)(O)O.O=S(=O)(O)O.O=S(=O)(O)O.O=S(=O)(O)O. The molecule has 15 atom stereocenters. The van der Waals surface area contributed by atoms with Crippen molar-refractivity contribution in [2.24, 2.45) is 35.5 Å². The van der Waals surface area contributed by atoms with E-state index in [9.17, 15) is 15.3 Å². The van der Waals surface area contributed by atoms with Crippen LogP contribution in [0.5, 0.6) is 17.2 Å². The number of aromatic nitrogens is 3. The fourth-order valence-electron chi connectivity index (χ4n) is 13.3. The number of halogens is 12. The Morgan fingerprint density at radius 1 is 0.377 bits per heavy atom. The normalized spacial score (nSPS) is 22.9. The molecule has 3 aromatic heterocycles. The zero-order valence-corrected chi connectivity index (χ0v) is 90.2. The van der Waals surface area contributed by atoms with Gasteiger partial charge in [-0.15, -0.1) is 19.7 Å². The molecule has 12 heterocycles. The largest absolute Gasteiger partial charge is 0.394 e. The number of methoxy groups -OCH3 is 3. The van der Waals surface area contributed by atoms with Crippen molar-refractivity contribution in [1.82, 2.24) is 29.7 Å². The van der Waals surface area contributed by atoms with Crippen LogP contribution in [0.4, 0.5) is 0 Å². The topological polar surface area (TPSA) is 584 Å². The summed E-state index contributed by atoms with van der Waals surface area (Å²) in [7, 11) is -23.0. The molecule has 9 aliphatic heterocycles. The molecule has 54 heteroatoms. The standard InChI is InChI=1S/3C20H24N2O2.4I3.6H2O4S/c3*1-3-13-12-22-9-7-14(13)10-19(22)20(23)16-6-8-21-18-5-4-15(24-2)11-17(16)18;4*1-3-2;6*1-5(2,3)4/h3*3-6,8,11,13-14,19-20,23H,1,7,9-10,12H2,2H3;;;;;6*(H2,1,2,3,4)/q;;;4*-1;;;;;;/t3*13-,14-,19-,20+;;;;;;;;;;/m000........../s1. The van der Waals surface area contributed by atoms with Crippen molar-refractivity contribution in [1.29, 1.82) is 0 Å². The maximum atomic E-state index is 11.2. The molecule has 0 amide bonds. The average molecular weight is 3080 g/mol. The van der Waals surface area contributed by atoms with Gasteiger partial charge in [-0.25, -0.2) is 0 Å². The van der Waals surface area contributed by atoms with Crippen molar-refractivity contribution in [2.45, 2.75) is 75.0 Å². The first-order valence-electron chi connectivity index (χ1n) is 31.4. The Balaban J connectivity index is 0.00000135. The van der Waals surface area contributed by atoms with Crippen LogP contribution in [-0.2, 0) is 62.4 Å². The summed E-state index contributed by atoms with van der Waals surface area (Å²) < 4.78 is 206. The molecule has 9 fully saturated rings. The van der Waals surface area contributed by atoms with Gasteiger partial charge in [0.2, 0.25) is 0 Å². The van der Waals surface area contributed by atoms with Gasteiger partial charge in [-0.05, 0) is 183 Å². The Labute approximate surface area is 782 Å². The van der Waals surface area contributed by atoms with E-state index in [1.54, 1.807) is 39.9 Å². The fraction of sp³-hybridized carbons (Fsp3) is 0.450. The zero-order valence-electron chi connectivity index (χ0n) is 59.4. The summed E-state index contributed by atoms with van der Waals surface area (Å²) in [5.74, 6) is 6.02. The van der Waals surface area contributed by atoms with Gasteiger partial charge >= 0.3 is 264 Å². The smallest absolute Gasteiger partial charge is 0.264 e. The predicted molar refractivity (Wildman–Crippen MR) is 482 cm³/mol. The molecule has 15 N–H and O–H groups in total. The monoisotopic (exact) mass is 3080 g/mol. The number of aliphatic hydroxyl groups is 3. The first-order valence-corrected chi connectivity index (χ1v) is 90.1. The third kappa shape index (κ3) is 50.6. The van der Waals surface area contributed by atoms with E-state index in [1.807, 2.05) is 72.8 Å². The molecule has 3 aromatic carbocycles. The minimum Gasteiger partial charge on any atom is -0.264 e. The first kappa shape index (κ1) is 116. The van der Waals surface area contributed by atoms with Crippen molar-refractivity contribution in [3.05, 3.63) is 146 Å². The van der Waals surface area contributed by atoms with E-state index in [2.05, 4.69) is 217 Å². The number of hydrogen-bond donors (Lipinski definition) is 15. The van der Waals surface area contributed by atoms with Gasteiger partial charge < -0.3 is 29.5 Å². The number of rotatable bonds is 12. The Kier molecular flexibility index (Phi) is 60.5. The molecule has 0 saturated carbocycles. The molecule has 0 radical (unpaired) electrons. The molecule has 6 bridgehead atoms. The van der Waals surface area contributed by atoms with Gasteiger partial charge in [-0.3, -0.25) is 84.3 Å². The number of hydrogen-bond acceptors (Lipinski definition) is 24. The molecule has 15 rings (SSSR count). The molecular weight excluding hydrogens is 3000 g/mol. The third-order valence-corrected chi connectivity index (χ3v) is 17.5. The van der Waals surface area contributed by atoms with Gasteiger partial charge in [-0.2, -0.15) is 50.5 Å². The van der Waals surface area contributed by atoms with E-state index < -0.39 is 80.7 Å². The molecule has 6 aromatic rings. The second kappa shape index (κ2) is 59.3. The number of pyridine rings is 3. The number of piperidine rings is 9. The van der Waals surface area contributed by atoms with Crippen LogP contribution in [0.1, 0.15) is 73.5 Å². The van der Waals surface area contributed by atoms with Gasteiger partial charge in [0.1, 0.15) is 17.2 Å². The molecule has 114 heavy (non-hydrogen) atoms. The quantitative estimate of drug-likeness (QED) is 0.0456. The summed E-state index contributed by atoms with van der Waals surface area (Å²) in [6.45, 7) is 18.2. The van der Waals surface area contributed by atoms with E-state index in [1.165, 1.54) is 19.3 Å². The van der Waals surface area contributed by atoms with E-state index in [0.717, 1.165) is 125 Å². The van der Waals surface area contributed by atoms with Crippen LogP contribution >= 0.6 is 149 Å². The summed E-state index contributed by atoms with van der Waals surface area (Å²) in [6, 6.07) is 23.9. The van der Waals surface area contributed by atoms with Crippen LogP contribution in [0.2, 0.25) is 0 Å². The van der Waals surface area contributed by atoms with Crippen LogP contribution in [-0.4, -0.2) is 229 Å². The minimum atomic E-state index is -4.67. The summed E-state index contributed by atoms with van der Waals surface area (Å²) >= 11 is 21.2. The summed E-state index contributed by atoms with van der Waals surface area (Å²) in [5, 5.41) is 36.4. The fourth-order valence-corrected chi connectivity index (χ4v) is 13.3. The number of aliphatic hydroxyl groups excluding tert-OH is 3. The second-order valence-electron chi connectivity index (χ2n) is 23.8. The number of fused-ring (bicyclic) bond motifs is 12. The van der Waals surface area contributed by atoms with Crippen LogP contribution in [0, 0.1) is 35.5 Å².